The molecule has 2 saturated heterocycles. The topological polar surface area (TPSA) is 105 Å². The summed E-state index contributed by atoms with van der Waals surface area (Å²) in [4.78, 5) is 40.8. The standard InChI is InChI=1S/C23H26N4O5/c1-32-18-9-7-17(8-10-18)24-22(28)20-5-4-14-26(20)23(29)16-6-11-19(21(15-16)27(30)31)25-12-2-3-13-25/h6-11,15,20H,2-5,12-14H2,1H3,(H,24,28). The maximum Gasteiger partial charge on any atom is 0.293 e. The molecular formula is C23H26N4O5. The molecule has 0 bridgehead atoms. The number of amides is 2. The highest BCUT2D eigenvalue weighted by atomic mass is 16.6. The van der Waals surface area contributed by atoms with Gasteiger partial charge in [-0.25, -0.2) is 0 Å². The van der Waals surface area contributed by atoms with E-state index in [0.29, 0.717) is 36.5 Å². The fourth-order valence-corrected chi connectivity index (χ4v) is 4.38. The first kappa shape index (κ1) is 21.6. The van der Waals surface area contributed by atoms with Crippen molar-refractivity contribution in [2.24, 2.45) is 0 Å². The molecule has 2 heterocycles. The average Bonchev–Trinajstić information content (AvgIpc) is 3.51. The Bertz CT molecular complexity index is 1020. The van der Waals surface area contributed by atoms with Gasteiger partial charge in [-0.3, -0.25) is 19.7 Å². The van der Waals surface area contributed by atoms with Crippen LogP contribution in [0.2, 0.25) is 0 Å². The largest absolute Gasteiger partial charge is 0.497 e. The second-order valence-electron chi connectivity index (χ2n) is 8.03. The Labute approximate surface area is 186 Å². The smallest absolute Gasteiger partial charge is 0.293 e. The maximum absolute atomic E-state index is 13.2. The van der Waals surface area contributed by atoms with E-state index in [2.05, 4.69) is 5.32 Å². The highest BCUT2D eigenvalue weighted by Crippen LogP contribution is 2.33. The number of benzene rings is 2. The number of carbonyl (C=O) groups is 2. The van der Waals surface area contributed by atoms with Crippen molar-refractivity contribution in [3.05, 3.63) is 58.1 Å². The van der Waals surface area contributed by atoms with Crippen molar-refractivity contribution < 1.29 is 19.2 Å². The molecule has 4 rings (SSSR count). The molecule has 32 heavy (non-hydrogen) atoms. The Kier molecular flexibility index (Phi) is 6.25. The first-order valence-electron chi connectivity index (χ1n) is 10.8. The zero-order valence-electron chi connectivity index (χ0n) is 18.0. The summed E-state index contributed by atoms with van der Waals surface area (Å²) < 4.78 is 5.12. The molecule has 2 aliphatic rings. The Morgan fingerprint density at radius 2 is 1.78 bits per heavy atom. The number of likely N-dealkylation sites (tertiary alicyclic amines) is 1. The van der Waals surface area contributed by atoms with Gasteiger partial charge in [-0.05, 0) is 62.1 Å². The van der Waals surface area contributed by atoms with E-state index in [1.165, 1.54) is 11.0 Å². The van der Waals surface area contributed by atoms with Gasteiger partial charge in [0.2, 0.25) is 5.91 Å². The minimum atomic E-state index is -0.623. The Balaban J connectivity index is 1.51. The second kappa shape index (κ2) is 9.25. The first-order chi connectivity index (χ1) is 15.5. The summed E-state index contributed by atoms with van der Waals surface area (Å²) in [7, 11) is 1.57. The van der Waals surface area contributed by atoms with Gasteiger partial charge >= 0.3 is 0 Å². The van der Waals surface area contributed by atoms with Gasteiger partial charge in [0.25, 0.3) is 11.6 Å². The normalized spacial score (nSPS) is 18.0. The van der Waals surface area contributed by atoms with Crippen LogP contribution in [0.1, 0.15) is 36.0 Å². The predicted molar refractivity (Wildman–Crippen MR) is 120 cm³/mol. The van der Waals surface area contributed by atoms with Crippen LogP contribution >= 0.6 is 0 Å². The average molecular weight is 438 g/mol. The molecule has 1 unspecified atom stereocenters. The van der Waals surface area contributed by atoms with Gasteiger partial charge in [-0.15, -0.1) is 0 Å². The molecule has 168 valence electrons. The van der Waals surface area contributed by atoms with Crippen molar-refractivity contribution in [1.82, 2.24) is 4.90 Å². The molecule has 0 radical (unpaired) electrons. The summed E-state index contributed by atoms with van der Waals surface area (Å²) >= 11 is 0. The number of rotatable bonds is 6. The number of hydrogen-bond donors (Lipinski definition) is 1. The molecule has 0 spiro atoms. The Hall–Kier alpha value is -3.62. The van der Waals surface area contributed by atoms with Crippen molar-refractivity contribution in [2.75, 3.05) is 37.0 Å². The number of nitrogens with zero attached hydrogens (tertiary/aromatic N) is 3. The SMILES string of the molecule is COc1ccc(NC(=O)C2CCCN2C(=O)c2ccc(N3CCCC3)c([N+](=O)[O-])c2)cc1. The van der Waals surface area contributed by atoms with Crippen LogP contribution in [0.25, 0.3) is 0 Å². The van der Waals surface area contributed by atoms with E-state index in [9.17, 15) is 19.7 Å². The van der Waals surface area contributed by atoms with Crippen LogP contribution in [-0.2, 0) is 4.79 Å². The van der Waals surface area contributed by atoms with Crippen LogP contribution < -0.4 is 15.0 Å². The Morgan fingerprint density at radius 1 is 1.06 bits per heavy atom. The van der Waals surface area contributed by atoms with E-state index in [1.54, 1.807) is 43.5 Å². The molecule has 2 aromatic carbocycles. The van der Waals surface area contributed by atoms with E-state index in [1.807, 2.05) is 4.90 Å². The van der Waals surface area contributed by atoms with Crippen molar-refractivity contribution in [3.63, 3.8) is 0 Å². The van der Waals surface area contributed by atoms with Crippen LogP contribution in [0.4, 0.5) is 17.1 Å². The molecule has 1 atom stereocenters. The molecule has 9 nitrogen and oxygen atoms in total. The highest BCUT2D eigenvalue weighted by molar-refractivity contribution is 6.02. The molecule has 1 N–H and O–H groups in total. The fourth-order valence-electron chi connectivity index (χ4n) is 4.38. The number of nitrogens with one attached hydrogen (secondary N) is 1. The quantitative estimate of drug-likeness (QED) is 0.547. The van der Waals surface area contributed by atoms with Gasteiger partial charge in [0.1, 0.15) is 17.5 Å². The van der Waals surface area contributed by atoms with E-state index < -0.39 is 11.0 Å². The number of anilines is 2. The molecule has 0 aromatic heterocycles. The molecular weight excluding hydrogens is 412 g/mol. The van der Waals surface area contributed by atoms with Crippen molar-refractivity contribution in [1.29, 1.82) is 0 Å². The van der Waals surface area contributed by atoms with Gasteiger partial charge in [-0.1, -0.05) is 0 Å². The van der Waals surface area contributed by atoms with Gasteiger partial charge in [-0.2, -0.15) is 0 Å². The molecule has 9 heteroatoms. The number of nitro groups is 1. The second-order valence-corrected chi connectivity index (χ2v) is 8.03. The minimum absolute atomic E-state index is 0.0730. The third-order valence-corrected chi connectivity index (χ3v) is 6.04. The number of ether oxygens (including phenoxy) is 1. The maximum atomic E-state index is 13.2. The number of hydrogen-bond acceptors (Lipinski definition) is 6. The zero-order chi connectivity index (χ0) is 22.7. The highest BCUT2D eigenvalue weighted by Gasteiger charge is 2.35. The lowest BCUT2D eigenvalue weighted by Crippen LogP contribution is -2.43. The number of nitro benzene ring substituents is 1. The number of carbonyl (C=O) groups excluding carboxylic acids is 2. The lowest BCUT2D eigenvalue weighted by Gasteiger charge is -2.24. The van der Waals surface area contributed by atoms with Gasteiger partial charge in [0.05, 0.1) is 12.0 Å². The molecule has 0 aliphatic carbocycles. The fraction of sp³-hybridized carbons (Fsp3) is 0.391. The van der Waals surface area contributed by atoms with Crippen LogP contribution in [0.15, 0.2) is 42.5 Å². The number of methoxy groups -OCH3 is 1. The third kappa shape index (κ3) is 4.37. The van der Waals surface area contributed by atoms with Crippen molar-refractivity contribution >= 4 is 28.9 Å². The lowest BCUT2D eigenvalue weighted by atomic mass is 10.1. The third-order valence-electron chi connectivity index (χ3n) is 6.04. The summed E-state index contributed by atoms with van der Waals surface area (Å²) in [6, 6.07) is 11.0. The monoisotopic (exact) mass is 438 g/mol. The van der Waals surface area contributed by atoms with Crippen LogP contribution in [0, 0.1) is 10.1 Å². The van der Waals surface area contributed by atoms with Gasteiger partial charge in [0.15, 0.2) is 0 Å². The summed E-state index contributed by atoms with van der Waals surface area (Å²) in [6.45, 7) is 1.98. The molecule has 0 saturated carbocycles. The van der Waals surface area contributed by atoms with Crippen molar-refractivity contribution in [2.45, 2.75) is 31.7 Å². The minimum Gasteiger partial charge on any atom is -0.497 e. The summed E-state index contributed by atoms with van der Waals surface area (Å²) in [6.07, 6.45) is 3.23. The van der Waals surface area contributed by atoms with E-state index >= 15 is 0 Å². The van der Waals surface area contributed by atoms with Crippen LogP contribution in [0.3, 0.4) is 0 Å². The van der Waals surface area contributed by atoms with Crippen LogP contribution in [-0.4, -0.2) is 54.4 Å². The summed E-state index contributed by atoms with van der Waals surface area (Å²) in [5.74, 6) is 0.0392. The van der Waals surface area contributed by atoms with Crippen LogP contribution in [0.5, 0.6) is 5.75 Å². The molecule has 2 aromatic rings. The van der Waals surface area contributed by atoms with Crippen molar-refractivity contribution in [3.8, 4) is 5.75 Å². The lowest BCUT2D eigenvalue weighted by molar-refractivity contribution is -0.384. The predicted octanol–water partition coefficient (Wildman–Crippen LogP) is 3.45. The zero-order valence-corrected chi connectivity index (χ0v) is 18.0. The van der Waals surface area contributed by atoms with E-state index in [4.69, 9.17) is 4.74 Å². The van der Waals surface area contributed by atoms with E-state index in [0.717, 1.165) is 25.9 Å². The van der Waals surface area contributed by atoms with E-state index in [-0.39, 0.29) is 23.1 Å². The summed E-state index contributed by atoms with van der Waals surface area (Å²) in [5.41, 5.74) is 1.31. The first-order valence-corrected chi connectivity index (χ1v) is 10.8. The Morgan fingerprint density at radius 3 is 2.44 bits per heavy atom. The molecule has 2 aliphatic heterocycles. The van der Waals surface area contributed by atoms with Gasteiger partial charge in [0, 0.05) is 37.0 Å². The van der Waals surface area contributed by atoms with Gasteiger partial charge < -0.3 is 19.9 Å². The summed E-state index contributed by atoms with van der Waals surface area (Å²) in [5, 5.41) is 14.5. The molecule has 2 fully saturated rings. The molecule has 2 amide bonds.